The van der Waals surface area contributed by atoms with Crippen LogP contribution in [0.15, 0.2) is 42.5 Å². The molecular formula is C15H18N2O. The number of nitrogens with zero attached hydrogens (tertiary/aromatic N) is 1. The van der Waals surface area contributed by atoms with E-state index in [0.29, 0.717) is 13.0 Å². The van der Waals surface area contributed by atoms with Crippen LogP contribution in [0.4, 0.5) is 5.69 Å². The number of anilines is 1. The zero-order valence-electron chi connectivity index (χ0n) is 10.6. The van der Waals surface area contributed by atoms with Gasteiger partial charge in [0.2, 0.25) is 5.91 Å². The van der Waals surface area contributed by atoms with Gasteiger partial charge in [0, 0.05) is 18.9 Å². The summed E-state index contributed by atoms with van der Waals surface area (Å²) in [5.41, 5.74) is 6.39. The lowest BCUT2D eigenvalue weighted by molar-refractivity contribution is -0.118. The molecule has 0 atom stereocenters. The Balaban J connectivity index is 2.32. The third-order valence-electron chi connectivity index (χ3n) is 3.10. The second kappa shape index (κ2) is 5.65. The van der Waals surface area contributed by atoms with Crippen LogP contribution in [0.3, 0.4) is 0 Å². The molecule has 0 spiro atoms. The summed E-state index contributed by atoms with van der Waals surface area (Å²) in [6.07, 6.45) is 1.23. The number of carbonyl (C=O) groups excluding carboxylic acids is 1. The van der Waals surface area contributed by atoms with Crippen molar-refractivity contribution in [3.05, 3.63) is 42.5 Å². The first kappa shape index (κ1) is 12.6. The van der Waals surface area contributed by atoms with Gasteiger partial charge in [-0.1, -0.05) is 36.4 Å². The number of amides is 1. The van der Waals surface area contributed by atoms with Crippen molar-refractivity contribution in [2.45, 2.75) is 12.8 Å². The van der Waals surface area contributed by atoms with E-state index in [0.717, 1.165) is 22.9 Å². The van der Waals surface area contributed by atoms with E-state index in [2.05, 4.69) is 12.1 Å². The minimum absolute atomic E-state index is 0.108. The maximum absolute atomic E-state index is 12.0. The highest BCUT2D eigenvalue weighted by Crippen LogP contribution is 2.26. The quantitative estimate of drug-likeness (QED) is 0.895. The Morgan fingerprint density at radius 2 is 1.89 bits per heavy atom. The normalized spacial score (nSPS) is 10.6. The zero-order chi connectivity index (χ0) is 13.0. The Bertz CT molecular complexity index is 546. The van der Waals surface area contributed by atoms with Crippen molar-refractivity contribution in [3.8, 4) is 0 Å². The Labute approximate surface area is 107 Å². The lowest BCUT2D eigenvalue weighted by atomic mass is 10.1. The van der Waals surface area contributed by atoms with Gasteiger partial charge in [-0.25, -0.2) is 0 Å². The molecule has 0 bridgehead atoms. The van der Waals surface area contributed by atoms with Crippen LogP contribution in [0.1, 0.15) is 12.8 Å². The van der Waals surface area contributed by atoms with Gasteiger partial charge in [-0.2, -0.15) is 0 Å². The third kappa shape index (κ3) is 2.51. The molecule has 0 radical (unpaired) electrons. The number of benzene rings is 2. The Kier molecular flexibility index (Phi) is 3.95. The molecular weight excluding hydrogens is 224 g/mol. The van der Waals surface area contributed by atoms with E-state index in [-0.39, 0.29) is 5.91 Å². The van der Waals surface area contributed by atoms with Gasteiger partial charge in [-0.3, -0.25) is 4.79 Å². The number of fused-ring (bicyclic) bond motifs is 1. The monoisotopic (exact) mass is 242 g/mol. The van der Waals surface area contributed by atoms with Gasteiger partial charge in [0.25, 0.3) is 0 Å². The maximum Gasteiger partial charge on any atom is 0.226 e. The molecule has 94 valence electrons. The van der Waals surface area contributed by atoms with Crippen molar-refractivity contribution in [1.29, 1.82) is 0 Å². The minimum Gasteiger partial charge on any atom is -0.330 e. The van der Waals surface area contributed by atoms with Crippen LogP contribution >= 0.6 is 0 Å². The first-order valence-corrected chi connectivity index (χ1v) is 6.18. The molecule has 2 N–H and O–H groups in total. The summed E-state index contributed by atoms with van der Waals surface area (Å²) in [5.74, 6) is 0.108. The molecule has 18 heavy (non-hydrogen) atoms. The average Bonchev–Trinajstić information content (AvgIpc) is 2.43. The fourth-order valence-electron chi connectivity index (χ4n) is 2.06. The maximum atomic E-state index is 12.0. The highest BCUT2D eigenvalue weighted by molar-refractivity contribution is 6.03. The Morgan fingerprint density at radius 1 is 1.17 bits per heavy atom. The number of carbonyl (C=O) groups is 1. The van der Waals surface area contributed by atoms with Gasteiger partial charge in [0.1, 0.15) is 0 Å². The summed E-state index contributed by atoms with van der Waals surface area (Å²) >= 11 is 0. The molecule has 1 amide bonds. The smallest absolute Gasteiger partial charge is 0.226 e. The van der Waals surface area contributed by atoms with Gasteiger partial charge in [-0.05, 0) is 24.4 Å². The first-order chi connectivity index (χ1) is 8.74. The highest BCUT2D eigenvalue weighted by atomic mass is 16.2. The Hall–Kier alpha value is -1.87. The predicted molar refractivity (Wildman–Crippen MR) is 75.6 cm³/mol. The topological polar surface area (TPSA) is 46.3 Å². The second-order valence-electron chi connectivity index (χ2n) is 4.34. The highest BCUT2D eigenvalue weighted by Gasteiger charge is 2.12. The molecule has 0 saturated heterocycles. The van der Waals surface area contributed by atoms with Gasteiger partial charge in [-0.15, -0.1) is 0 Å². The third-order valence-corrected chi connectivity index (χ3v) is 3.10. The van der Waals surface area contributed by atoms with Crippen LogP contribution in [0.25, 0.3) is 10.8 Å². The fraction of sp³-hybridized carbons (Fsp3) is 0.267. The van der Waals surface area contributed by atoms with Crippen LogP contribution in [-0.2, 0) is 4.79 Å². The van der Waals surface area contributed by atoms with E-state index in [9.17, 15) is 4.79 Å². The van der Waals surface area contributed by atoms with Crippen molar-refractivity contribution < 1.29 is 4.79 Å². The predicted octanol–water partition coefficient (Wildman–Crippen LogP) is 2.54. The van der Waals surface area contributed by atoms with Crippen LogP contribution in [0.2, 0.25) is 0 Å². The zero-order valence-corrected chi connectivity index (χ0v) is 10.6. The summed E-state index contributed by atoms with van der Waals surface area (Å²) in [4.78, 5) is 13.7. The van der Waals surface area contributed by atoms with Gasteiger partial charge in [0.05, 0.1) is 5.69 Å². The molecule has 0 saturated carbocycles. The lowest BCUT2D eigenvalue weighted by Crippen LogP contribution is -2.26. The number of rotatable bonds is 4. The molecule has 0 aliphatic carbocycles. The SMILES string of the molecule is CN(C(=O)CCCN)c1cccc2ccccc12. The van der Waals surface area contributed by atoms with Crippen molar-refractivity contribution in [1.82, 2.24) is 0 Å². The van der Waals surface area contributed by atoms with Crippen molar-refractivity contribution >= 4 is 22.4 Å². The first-order valence-electron chi connectivity index (χ1n) is 6.18. The van der Waals surface area contributed by atoms with Crippen LogP contribution < -0.4 is 10.6 Å². The van der Waals surface area contributed by atoms with E-state index < -0.39 is 0 Å². The van der Waals surface area contributed by atoms with Crippen LogP contribution in [0.5, 0.6) is 0 Å². The molecule has 2 aromatic carbocycles. The second-order valence-corrected chi connectivity index (χ2v) is 4.34. The van der Waals surface area contributed by atoms with E-state index in [4.69, 9.17) is 5.73 Å². The standard InChI is InChI=1S/C15H18N2O/c1-17(15(18)10-5-11-16)14-9-4-7-12-6-2-3-8-13(12)14/h2-4,6-9H,5,10-11,16H2,1H3. The molecule has 2 aromatic rings. The van der Waals surface area contributed by atoms with Gasteiger partial charge < -0.3 is 10.6 Å². The lowest BCUT2D eigenvalue weighted by Gasteiger charge is -2.19. The molecule has 3 nitrogen and oxygen atoms in total. The molecule has 0 aliphatic heterocycles. The largest absolute Gasteiger partial charge is 0.330 e. The number of hydrogen-bond acceptors (Lipinski definition) is 2. The van der Waals surface area contributed by atoms with Crippen LogP contribution in [-0.4, -0.2) is 19.5 Å². The minimum atomic E-state index is 0.108. The average molecular weight is 242 g/mol. The van der Waals surface area contributed by atoms with Crippen LogP contribution in [0, 0.1) is 0 Å². The summed E-state index contributed by atoms with van der Waals surface area (Å²) < 4.78 is 0. The fourth-order valence-corrected chi connectivity index (χ4v) is 2.06. The van der Waals surface area contributed by atoms with Crippen molar-refractivity contribution in [2.75, 3.05) is 18.5 Å². The summed E-state index contributed by atoms with van der Waals surface area (Å²) in [6, 6.07) is 14.1. The van der Waals surface area contributed by atoms with E-state index in [1.165, 1.54) is 0 Å². The molecule has 0 aliphatic rings. The molecule has 0 aromatic heterocycles. The number of hydrogen-bond donors (Lipinski definition) is 1. The van der Waals surface area contributed by atoms with E-state index in [1.807, 2.05) is 37.4 Å². The van der Waals surface area contributed by atoms with Gasteiger partial charge >= 0.3 is 0 Å². The van der Waals surface area contributed by atoms with Gasteiger partial charge in [0.15, 0.2) is 0 Å². The molecule has 2 rings (SSSR count). The number of nitrogens with two attached hydrogens (primary N) is 1. The molecule has 0 heterocycles. The van der Waals surface area contributed by atoms with Crippen molar-refractivity contribution in [3.63, 3.8) is 0 Å². The van der Waals surface area contributed by atoms with E-state index >= 15 is 0 Å². The molecule has 0 unspecified atom stereocenters. The Morgan fingerprint density at radius 3 is 2.67 bits per heavy atom. The molecule has 3 heteroatoms. The summed E-state index contributed by atoms with van der Waals surface area (Å²) in [6.45, 7) is 0.551. The molecule has 0 fully saturated rings. The van der Waals surface area contributed by atoms with Crippen molar-refractivity contribution in [2.24, 2.45) is 5.73 Å². The summed E-state index contributed by atoms with van der Waals surface area (Å²) in [5, 5.41) is 2.25. The summed E-state index contributed by atoms with van der Waals surface area (Å²) in [7, 11) is 1.82. The van der Waals surface area contributed by atoms with E-state index in [1.54, 1.807) is 4.90 Å².